The quantitative estimate of drug-likeness (QED) is 0.514. The van der Waals surface area contributed by atoms with E-state index in [4.69, 9.17) is 4.74 Å². The second-order valence-electron chi connectivity index (χ2n) is 7.67. The molecule has 0 bridgehead atoms. The van der Waals surface area contributed by atoms with Gasteiger partial charge < -0.3 is 10.1 Å². The van der Waals surface area contributed by atoms with Crippen LogP contribution in [-0.4, -0.2) is 13.0 Å². The fourth-order valence-corrected chi connectivity index (χ4v) is 3.88. The maximum absolute atomic E-state index is 13.6. The van der Waals surface area contributed by atoms with E-state index >= 15 is 0 Å². The fourth-order valence-electron chi connectivity index (χ4n) is 3.88. The van der Waals surface area contributed by atoms with E-state index in [1.165, 1.54) is 30.4 Å². The van der Waals surface area contributed by atoms with Gasteiger partial charge in [-0.1, -0.05) is 30.3 Å². The van der Waals surface area contributed by atoms with Gasteiger partial charge in [-0.15, -0.1) is 0 Å². The summed E-state index contributed by atoms with van der Waals surface area (Å²) in [6.45, 7) is 0.866. The van der Waals surface area contributed by atoms with Crippen LogP contribution in [0.5, 0.6) is 5.75 Å². The Hall–Kier alpha value is -3.28. The number of halogens is 3. The highest BCUT2D eigenvalue weighted by molar-refractivity contribution is 6.09. The van der Waals surface area contributed by atoms with Crippen molar-refractivity contribution in [2.45, 2.75) is 32.1 Å². The minimum Gasteiger partial charge on any atom is -0.497 e. The molecule has 3 nitrogen and oxygen atoms in total. The topological polar surface area (TPSA) is 38.3 Å². The Morgan fingerprint density at radius 3 is 2.35 bits per heavy atom. The highest BCUT2D eigenvalue weighted by atomic mass is 19.3. The number of rotatable bonds is 5. The zero-order valence-corrected chi connectivity index (χ0v) is 17.4. The lowest BCUT2D eigenvalue weighted by Gasteiger charge is -2.15. The van der Waals surface area contributed by atoms with Gasteiger partial charge in [0.15, 0.2) is 0 Å². The minimum absolute atomic E-state index is 0. The number of methoxy groups -OCH3 is 1. The SMILES string of the molecule is COc1ccc(-c2ccc(C(C)(F)F)cc2)c(C(=O)Nc2ccc3c(c2)CCC3)c1.F. The van der Waals surface area contributed by atoms with Crippen LogP contribution in [0.3, 0.4) is 0 Å². The molecule has 31 heavy (non-hydrogen) atoms. The van der Waals surface area contributed by atoms with Gasteiger partial charge in [0, 0.05) is 18.2 Å². The Morgan fingerprint density at radius 1 is 0.968 bits per heavy atom. The molecule has 0 saturated carbocycles. The zero-order valence-electron chi connectivity index (χ0n) is 17.4. The lowest BCUT2D eigenvalue weighted by atomic mass is 9.96. The number of carbonyl (C=O) groups is 1. The second-order valence-corrected chi connectivity index (χ2v) is 7.67. The molecule has 6 heteroatoms. The van der Waals surface area contributed by atoms with Crippen LogP contribution >= 0.6 is 0 Å². The number of aryl methyl sites for hydroxylation is 2. The molecule has 0 saturated heterocycles. The van der Waals surface area contributed by atoms with Crippen LogP contribution in [-0.2, 0) is 18.8 Å². The first-order valence-electron chi connectivity index (χ1n) is 9.95. The molecule has 1 aliphatic rings. The molecule has 0 radical (unpaired) electrons. The molecule has 3 aromatic rings. The second kappa shape index (κ2) is 8.84. The van der Waals surface area contributed by atoms with Gasteiger partial charge in [0.05, 0.1) is 12.7 Å². The summed E-state index contributed by atoms with van der Waals surface area (Å²) >= 11 is 0. The summed E-state index contributed by atoms with van der Waals surface area (Å²) in [5.41, 5.74) is 5.05. The van der Waals surface area contributed by atoms with Crippen molar-refractivity contribution in [1.29, 1.82) is 0 Å². The number of nitrogens with one attached hydrogen (secondary N) is 1. The first-order chi connectivity index (χ1) is 14.3. The van der Waals surface area contributed by atoms with E-state index in [1.807, 2.05) is 12.1 Å². The molecule has 0 spiro atoms. The van der Waals surface area contributed by atoms with E-state index in [0.717, 1.165) is 31.9 Å². The Labute approximate surface area is 179 Å². The Bertz CT molecular complexity index is 1090. The van der Waals surface area contributed by atoms with Crippen molar-refractivity contribution >= 4 is 11.6 Å². The predicted molar refractivity (Wildman–Crippen MR) is 117 cm³/mol. The Morgan fingerprint density at radius 2 is 1.68 bits per heavy atom. The number of hydrogen-bond acceptors (Lipinski definition) is 2. The molecule has 0 heterocycles. The number of ether oxygens (including phenoxy) is 1. The van der Waals surface area contributed by atoms with Crippen LogP contribution in [0, 0.1) is 0 Å². The maximum atomic E-state index is 13.6. The molecule has 162 valence electrons. The average molecular weight is 427 g/mol. The monoisotopic (exact) mass is 427 g/mol. The molecule has 0 aromatic heterocycles. The van der Waals surface area contributed by atoms with Crippen molar-refractivity contribution in [3.8, 4) is 16.9 Å². The van der Waals surface area contributed by atoms with Gasteiger partial charge in [0.2, 0.25) is 0 Å². The zero-order chi connectivity index (χ0) is 21.3. The van der Waals surface area contributed by atoms with E-state index in [9.17, 15) is 13.6 Å². The van der Waals surface area contributed by atoms with Crippen LogP contribution in [0.4, 0.5) is 19.2 Å². The minimum atomic E-state index is -2.91. The van der Waals surface area contributed by atoms with Crippen LogP contribution < -0.4 is 10.1 Å². The number of alkyl halides is 2. The van der Waals surface area contributed by atoms with Crippen molar-refractivity contribution < 1.29 is 23.0 Å². The summed E-state index contributed by atoms with van der Waals surface area (Å²) in [5.74, 6) is -2.63. The molecule has 1 aliphatic carbocycles. The van der Waals surface area contributed by atoms with Crippen molar-refractivity contribution in [2.75, 3.05) is 12.4 Å². The van der Waals surface area contributed by atoms with E-state index in [-0.39, 0.29) is 16.2 Å². The Balaban J connectivity index is 0.00000272. The van der Waals surface area contributed by atoms with E-state index in [2.05, 4.69) is 11.4 Å². The standard InChI is InChI=1S/C25H23F2NO2.FH/c1-25(26,27)19-9-6-17(7-10-19)22-13-12-21(30-2)15-23(22)24(29)28-20-11-8-16-4-3-5-18(16)14-20;/h6-15H,3-5H2,1-2H3,(H,28,29);1H. The van der Waals surface area contributed by atoms with E-state index in [1.54, 1.807) is 30.3 Å². The van der Waals surface area contributed by atoms with Gasteiger partial charge >= 0.3 is 0 Å². The molecule has 0 unspecified atom stereocenters. The molecule has 0 aliphatic heterocycles. The van der Waals surface area contributed by atoms with Crippen molar-refractivity contribution in [2.24, 2.45) is 0 Å². The molecule has 3 aromatic carbocycles. The van der Waals surface area contributed by atoms with Gasteiger partial charge in [-0.05, 0) is 71.8 Å². The number of fused-ring (bicyclic) bond motifs is 1. The third-order valence-corrected chi connectivity index (χ3v) is 5.53. The van der Waals surface area contributed by atoms with E-state index in [0.29, 0.717) is 22.4 Å². The van der Waals surface area contributed by atoms with Crippen LogP contribution in [0.25, 0.3) is 11.1 Å². The number of hydrogen-bond donors (Lipinski definition) is 1. The summed E-state index contributed by atoms with van der Waals surface area (Å²) in [6.07, 6.45) is 3.24. The van der Waals surface area contributed by atoms with Gasteiger partial charge in [-0.25, -0.2) is 8.78 Å². The van der Waals surface area contributed by atoms with Crippen molar-refractivity contribution in [3.63, 3.8) is 0 Å². The molecule has 0 atom stereocenters. The maximum Gasteiger partial charge on any atom is 0.270 e. The van der Waals surface area contributed by atoms with Gasteiger partial charge in [0.25, 0.3) is 11.8 Å². The third-order valence-electron chi connectivity index (χ3n) is 5.53. The molecule has 4 rings (SSSR count). The normalized spacial score (nSPS) is 12.6. The van der Waals surface area contributed by atoms with Gasteiger partial charge in [-0.3, -0.25) is 9.50 Å². The fraction of sp³-hybridized carbons (Fsp3) is 0.240. The summed E-state index contributed by atoms with van der Waals surface area (Å²) in [6, 6.07) is 17.2. The number of anilines is 1. The third kappa shape index (κ3) is 4.74. The lowest BCUT2D eigenvalue weighted by molar-refractivity contribution is 0.0175. The van der Waals surface area contributed by atoms with E-state index < -0.39 is 5.92 Å². The summed E-state index contributed by atoms with van der Waals surface area (Å²) in [4.78, 5) is 13.1. The number of benzene rings is 3. The highest BCUT2D eigenvalue weighted by Crippen LogP contribution is 2.32. The smallest absolute Gasteiger partial charge is 0.270 e. The summed E-state index contributed by atoms with van der Waals surface area (Å²) in [5, 5.41) is 2.97. The number of amides is 1. The number of carbonyl (C=O) groups excluding carboxylic acids is 1. The van der Waals surface area contributed by atoms with Crippen molar-refractivity contribution in [1.82, 2.24) is 0 Å². The molecular formula is C25H24F3NO2. The molecule has 1 N–H and O–H groups in total. The summed E-state index contributed by atoms with van der Waals surface area (Å²) in [7, 11) is 1.54. The van der Waals surface area contributed by atoms with Crippen molar-refractivity contribution in [3.05, 3.63) is 82.9 Å². The predicted octanol–water partition coefficient (Wildman–Crippen LogP) is 6.37. The Kier molecular flexibility index (Phi) is 6.39. The molecule has 0 fully saturated rings. The molecule has 1 amide bonds. The molecular weight excluding hydrogens is 403 g/mol. The lowest BCUT2D eigenvalue weighted by Crippen LogP contribution is -2.14. The summed E-state index contributed by atoms with van der Waals surface area (Å²) < 4.78 is 32.4. The van der Waals surface area contributed by atoms with Crippen LogP contribution in [0.1, 0.15) is 40.4 Å². The first kappa shape index (κ1) is 22.4. The average Bonchev–Trinajstić information content (AvgIpc) is 3.20. The highest BCUT2D eigenvalue weighted by Gasteiger charge is 2.24. The van der Waals surface area contributed by atoms with Gasteiger partial charge in [-0.2, -0.15) is 0 Å². The first-order valence-corrected chi connectivity index (χ1v) is 9.95. The largest absolute Gasteiger partial charge is 0.497 e. The van der Waals surface area contributed by atoms with Crippen LogP contribution in [0.2, 0.25) is 0 Å². The van der Waals surface area contributed by atoms with Crippen LogP contribution in [0.15, 0.2) is 60.7 Å². The van der Waals surface area contributed by atoms with Gasteiger partial charge in [0.1, 0.15) is 5.75 Å².